The van der Waals surface area contributed by atoms with Crippen LogP contribution in [0, 0.1) is 0 Å². The molecule has 0 unspecified atom stereocenters. The normalized spacial score (nSPS) is 14.8. The Morgan fingerprint density at radius 1 is 1.21 bits per heavy atom. The lowest BCUT2D eigenvalue weighted by Gasteiger charge is -2.34. The molecule has 8 heteroatoms. The third-order valence-corrected chi connectivity index (χ3v) is 4.62. The van der Waals surface area contributed by atoms with E-state index >= 15 is 0 Å². The highest BCUT2D eigenvalue weighted by Crippen LogP contribution is 2.29. The minimum atomic E-state index is -0.248. The van der Waals surface area contributed by atoms with Gasteiger partial charge in [-0.1, -0.05) is 23.7 Å². The van der Waals surface area contributed by atoms with E-state index in [0.29, 0.717) is 36.1 Å². The molecular formula is C20H22ClN3O4. The van der Waals surface area contributed by atoms with Gasteiger partial charge in [0.1, 0.15) is 11.5 Å². The first-order chi connectivity index (χ1) is 13.4. The van der Waals surface area contributed by atoms with Crippen LogP contribution < -0.4 is 10.1 Å². The number of nitrogens with zero attached hydrogens (tertiary/aromatic N) is 2. The van der Waals surface area contributed by atoms with Crippen LogP contribution in [0.25, 0.3) is 0 Å². The molecule has 0 aromatic heterocycles. The maximum Gasteiger partial charge on any atom is 0.239 e. The van der Waals surface area contributed by atoms with E-state index in [1.54, 1.807) is 11.0 Å². The minimum absolute atomic E-state index is 0.0169. The van der Waals surface area contributed by atoms with Crippen molar-refractivity contribution in [2.24, 2.45) is 0 Å². The van der Waals surface area contributed by atoms with Crippen molar-refractivity contribution in [1.29, 1.82) is 0 Å². The fourth-order valence-electron chi connectivity index (χ4n) is 2.95. The maximum absolute atomic E-state index is 12.5. The van der Waals surface area contributed by atoms with Crippen LogP contribution in [0.5, 0.6) is 11.5 Å². The first-order valence-corrected chi connectivity index (χ1v) is 9.26. The summed E-state index contributed by atoms with van der Waals surface area (Å²) in [5.41, 5.74) is 1.54. The number of nitrogens with one attached hydrogen (secondary N) is 1. The molecule has 28 heavy (non-hydrogen) atoms. The summed E-state index contributed by atoms with van der Waals surface area (Å²) < 4.78 is 5.69. The molecule has 0 spiro atoms. The van der Waals surface area contributed by atoms with Crippen molar-refractivity contribution in [2.75, 3.05) is 31.7 Å². The van der Waals surface area contributed by atoms with Crippen LogP contribution >= 0.6 is 11.6 Å². The Labute approximate surface area is 168 Å². The number of halogens is 1. The zero-order valence-electron chi connectivity index (χ0n) is 15.5. The largest absolute Gasteiger partial charge is 0.508 e. The lowest BCUT2D eigenvalue weighted by atomic mass is 10.2. The fourth-order valence-corrected chi connectivity index (χ4v) is 3.07. The fraction of sp³-hybridized carbons (Fsp3) is 0.300. The average molecular weight is 404 g/mol. The molecule has 3 rings (SSSR count). The van der Waals surface area contributed by atoms with Gasteiger partial charge in [-0.05, 0) is 29.8 Å². The van der Waals surface area contributed by atoms with E-state index in [-0.39, 0.29) is 24.3 Å². The summed E-state index contributed by atoms with van der Waals surface area (Å²) in [5, 5.41) is 13.0. The second kappa shape index (κ2) is 8.95. The van der Waals surface area contributed by atoms with Gasteiger partial charge in [0.2, 0.25) is 11.8 Å². The number of amides is 2. The summed E-state index contributed by atoms with van der Waals surface area (Å²) in [4.78, 5) is 27.5. The third kappa shape index (κ3) is 5.37. The molecule has 2 amide bonds. The van der Waals surface area contributed by atoms with Crippen LogP contribution in [0.15, 0.2) is 42.5 Å². The predicted octanol–water partition coefficient (Wildman–Crippen LogP) is 2.68. The topological polar surface area (TPSA) is 82.1 Å². The molecule has 0 bridgehead atoms. The Balaban J connectivity index is 1.55. The highest BCUT2D eigenvalue weighted by atomic mass is 35.5. The van der Waals surface area contributed by atoms with E-state index < -0.39 is 0 Å². The summed E-state index contributed by atoms with van der Waals surface area (Å²) >= 11 is 5.90. The van der Waals surface area contributed by atoms with E-state index in [2.05, 4.69) is 10.2 Å². The molecule has 1 fully saturated rings. The molecule has 148 valence electrons. The molecule has 2 aromatic rings. The third-order valence-electron chi connectivity index (χ3n) is 4.37. The number of anilines is 1. The van der Waals surface area contributed by atoms with E-state index in [0.717, 1.165) is 12.1 Å². The summed E-state index contributed by atoms with van der Waals surface area (Å²) in [6.45, 7) is 3.65. The number of carbonyl (C=O) groups is 2. The van der Waals surface area contributed by atoms with Crippen molar-refractivity contribution in [3.8, 4) is 11.5 Å². The number of hydrogen-bond acceptors (Lipinski definition) is 5. The molecule has 1 heterocycles. The molecule has 1 saturated heterocycles. The number of piperazine rings is 1. The lowest BCUT2D eigenvalue weighted by molar-refractivity contribution is -0.139. The number of aromatic hydroxyl groups is 1. The lowest BCUT2D eigenvalue weighted by Crippen LogP contribution is -2.51. The van der Waals surface area contributed by atoms with Gasteiger partial charge in [0.15, 0.2) is 6.73 Å². The van der Waals surface area contributed by atoms with Gasteiger partial charge in [0.05, 0.1) is 12.2 Å². The summed E-state index contributed by atoms with van der Waals surface area (Å²) in [5.74, 6) is 0.0404. The van der Waals surface area contributed by atoms with Crippen molar-refractivity contribution < 1.29 is 19.4 Å². The summed E-state index contributed by atoms with van der Waals surface area (Å²) in [6, 6.07) is 12.0. The van der Waals surface area contributed by atoms with Crippen LogP contribution in [0.3, 0.4) is 0 Å². The summed E-state index contributed by atoms with van der Waals surface area (Å²) in [6.07, 6.45) is 0. The van der Waals surface area contributed by atoms with Crippen molar-refractivity contribution in [2.45, 2.75) is 13.5 Å². The number of benzene rings is 2. The molecule has 1 aliphatic rings. The summed E-state index contributed by atoms with van der Waals surface area (Å²) in [7, 11) is 0. The molecule has 0 saturated carbocycles. The van der Waals surface area contributed by atoms with Gasteiger partial charge in [-0.25, -0.2) is 0 Å². The predicted molar refractivity (Wildman–Crippen MR) is 106 cm³/mol. The van der Waals surface area contributed by atoms with Crippen LogP contribution in [0.2, 0.25) is 5.02 Å². The number of rotatable bonds is 6. The first kappa shape index (κ1) is 20.0. The Hall–Kier alpha value is -2.77. The van der Waals surface area contributed by atoms with E-state index in [9.17, 15) is 14.7 Å². The smallest absolute Gasteiger partial charge is 0.239 e. The molecule has 2 N–H and O–H groups in total. The molecule has 0 atom stereocenters. The van der Waals surface area contributed by atoms with E-state index in [1.165, 1.54) is 19.1 Å². The van der Waals surface area contributed by atoms with Crippen molar-refractivity contribution in [3.63, 3.8) is 0 Å². The molecular weight excluding hydrogens is 382 g/mol. The second-order valence-electron chi connectivity index (χ2n) is 6.63. The van der Waals surface area contributed by atoms with Crippen molar-refractivity contribution in [1.82, 2.24) is 9.80 Å². The molecule has 2 aromatic carbocycles. The standard InChI is InChI=1S/C20H22ClN3O4/c1-14(25)22-18-7-6-17(26)10-19(18)28-13-24-9-8-23(12-20(24)27)11-15-2-4-16(21)5-3-15/h2-7,10,26H,8-9,11-13H2,1H3,(H,22,25). The Morgan fingerprint density at radius 3 is 2.64 bits per heavy atom. The van der Waals surface area contributed by atoms with Gasteiger partial charge in [-0.2, -0.15) is 0 Å². The maximum atomic E-state index is 12.5. The van der Waals surface area contributed by atoms with E-state index in [1.807, 2.05) is 24.3 Å². The second-order valence-corrected chi connectivity index (χ2v) is 7.07. The first-order valence-electron chi connectivity index (χ1n) is 8.88. The number of phenols is 1. The van der Waals surface area contributed by atoms with Gasteiger partial charge >= 0.3 is 0 Å². The molecule has 7 nitrogen and oxygen atoms in total. The van der Waals surface area contributed by atoms with Crippen molar-refractivity contribution >= 4 is 29.1 Å². The number of carbonyl (C=O) groups excluding carboxylic acids is 2. The van der Waals surface area contributed by atoms with Gasteiger partial charge in [0.25, 0.3) is 0 Å². The SMILES string of the molecule is CC(=O)Nc1ccc(O)cc1OCN1CCN(Cc2ccc(Cl)cc2)CC1=O. The van der Waals surface area contributed by atoms with E-state index in [4.69, 9.17) is 16.3 Å². The van der Waals surface area contributed by atoms with Gasteiger partial charge in [0, 0.05) is 37.6 Å². The average Bonchev–Trinajstić information content (AvgIpc) is 2.64. The van der Waals surface area contributed by atoms with Crippen LogP contribution in [-0.4, -0.2) is 53.1 Å². The number of ether oxygens (including phenoxy) is 1. The molecule has 0 aliphatic carbocycles. The monoisotopic (exact) mass is 403 g/mol. The minimum Gasteiger partial charge on any atom is -0.508 e. The molecule has 0 radical (unpaired) electrons. The van der Waals surface area contributed by atoms with Crippen molar-refractivity contribution in [3.05, 3.63) is 53.1 Å². The zero-order chi connectivity index (χ0) is 20.1. The Morgan fingerprint density at radius 2 is 1.96 bits per heavy atom. The van der Waals surface area contributed by atoms with Gasteiger partial charge in [-0.15, -0.1) is 0 Å². The molecule has 1 aliphatic heterocycles. The Bertz CT molecular complexity index is 857. The quantitative estimate of drug-likeness (QED) is 0.725. The Kier molecular flexibility index (Phi) is 6.38. The van der Waals surface area contributed by atoms with Crippen LogP contribution in [0.1, 0.15) is 12.5 Å². The van der Waals surface area contributed by atoms with Gasteiger partial charge < -0.3 is 20.1 Å². The highest BCUT2D eigenvalue weighted by molar-refractivity contribution is 6.30. The highest BCUT2D eigenvalue weighted by Gasteiger charge is 2.24. The number of hydrogen-bond donors (Lipinski definition) is 2. The number of phenolic OH excluding ortho intramolecular Hbond substituents is 1. The van der Waals surface area contributed by atoms with Gasteiger partial charge in [-0.3, -0.25) is 14.5 Å². The van der Waals surface area contributed by atoms with Crippen LogP contribution in [-0.2, 0) is 16.1 Å². The van der Waals surface area contributed by atoms with Crippen LogP contribution in [0.4, 0.5) is 5.69 Å². The zero-order valence-corrected chi connectivity index (χ0v) is 16.3.